The van der Waals surface area contributed by atoms with Gasteiger partial charge in [-0.15, -0.1) is 0 Å². The zero-order chi connectivity index (χ0) is 20.9. The number of carbonyl (C=O) groups is 1. The number of halogens is 1. The van der Waals surface area contributed by atoms with E-state index < -0.39 is 0 Å². The molecule has 0 saturated carbocycles. The van der Waals surface area contributed by atoms with Crippen molar-refractivity contribution < 1.29 is 9.53 Å². The van der Waals surface area contributed by atoms with E-state index in [4.69, 9.17) is 16.3 Å². The largest absolute Gasteiger partial charge is 0.378 e. The Morgan fingerprint density at radius 1 is 1.00 bits per heavy atom. The van der Waals surface area contributed by atoms with Gasteiger partial charge in [0, 0.05) is 41.1 Å². The van der Waals surface area contributed by atoms with E-state index in [0.717, 1.165) is 30.4 Å². The number of aromatic nitrogens is 2. The number of ether oxygens (including phenoxy) is 1. The quantitative estimate of drug-likeness (QED) is 0.638. The third-order valence-electron chi connectivity index (χ3n) is 4.68. The highest BCUT2D eigenvalue weighted by atomic mass is 35.5. The van der Waals surface area contributed by atoms with E-state index in [2.05, 4.69) is 25.5 Å². The van der Waals surface area contributed by atoms with Gasteiger partial charge < -0.3 is 20.3 Å². The molecule has 30 heavy (non-hydrogen) atoms. The fourth-order valence-corrected chi connectivity index (χ4v) is 3.29. The van der Waals surface area contributed by atoms with Crippen molar-refractivity contribution in [3.8, 4) is 0 Å². The molecule has 0 bridgehead atoms. The Balaban J connectivity index is 1.42. The van der Waals surface area contributed by atoms with Crippen LogP contribution >= 0.6 is 11.6 Å². The summed E-state index contributed by atoms with van der Waals surface area (Å²) in [5.41, 5.74) is 2.12. The molecule has 7 nitrogen and oxygen atoms in total. The minimum atomic E-state index is -0.186. The third kappa shape index (κ3) is 5.06. The van der Waals surface area contributed by atoms with Crippen molar-refractivity contribution >= 4 is 40.5 Å². The molecule has 0 aliphatic carbocycles. The second-order valence-electron chi connectivity index (χ2n) is 6.92. The molecule has 8 heteroatoms. The number of nitrogens with zero attached hydrogens (tertiary/aromatic N) is 3. The van der Waals surface area contributed by atoms with Gasteiger partial charge in [-0.1, -0.05) is 11.6 Å². The van der Waals surface area contributed by atoms with Crippen molar-refractivity contribution in [1.82, 2.24) is 9.97 Å². The normalized spacial score (nSPS) is 13.7. The minimum absolute atomic E-state index is 0.186. The van der Waals surface area contributed by atoms with Crippen molar-refractivity contribution in [1.29, 1.82) is 0 Å². The number of hydrogen-bond donors (Lipinski definition) is 2. The van der Waals surface area contributed by atoms with Gasteiger partial charge in [0.05, 0.1) is 13.2 Å². The van der Waals surface area contributed by atoms with Gasteiger partial charge in [0.15, 0.2) is 0 Å². The summed E-state index contributed by atoms with van der Waals surface area (Å²) in [4.78, 5) is 23.5. The second-order valence-corrected chi connectivity index (χ2v) is 7.36. The Bertz CT molecular complexity index is 1020. The number of aryl methyl sites for hydroxylation is 1. The van der Waals surface area contributed by atoms with Crippen LogP contribution in [-0.2, 0) is 4.74 Å². The van der Waals surface area contributed by atoms with Gasteiger partial charge in [-0.2, -0.15) is 0 Å². The van der Waals surface area contributed by atoms with Crippen molar-refractivity contribution in [3.63, 3.8) is 0 Å². The van der Waals surface area contributed by atoms with Crippen molar-refractivity contribution in [3.05, 3.63) is 71.0 Å². The number of amides is 1. The van der Waals surface area contributed by atoms with Crippen LogP contribution in [0.4, 0.5) is 23.0 Å². The highest BCUT2D eigenvalue weighted by molar-refractivity contribution is 6.30. The van der Waals surface area contributed by atoms with Gasteiger partial charge in [-0.05, 0) is 55.5 Å². The van der Waals surface area contributed by atoms with Gasteiger partial charge >= 0.3 is 0 Å². The molecule has 0 spiro atoms. The molecule has 0 unspecified atom stereocenters. The van der Waals surface area contributed by atoms with E-state index in [9.17, 15) is 4.79 Å². The lowest BCUT2D eigenvalue weighted by atomic mass is 10.2. The van der Waals surface area contributed by atoms with Crippen LogP contribution in [0.15, 0.2) is 54.6 Å². The first-order chi connectivity index (χ1) is 14.6. The minimum Gasteiger partial charge on any atom is -0.378 e. The van der Waals surface area contributed by atoms with Crippen LogP contribution in [0.5, 0.6) is 0 Å². The van der Waals surface area contributed by atoms with Crippen LogP contribution in [0.2, 0.25) is 5.02 Å². The molecule has 0 atom stereocenters. The molecule has 1 amide bonds. The Labute approximate surface area is 180 Å². The standard InChI is InChI=1S/C22H22ClN5O2/c1-15-24-20(14-21(25-15)28-10-12-30-13-11-28)26-18-6-8-19(9-7-18)27-22(29)16-2-4-17(23)5-3-16/h2-9,14H,10-13H2,1H3,(H,27,29)(H,24,25,26). The van der Waals surface area contributed by atoms with E-state index in [-0.39, 0.29) is 5.91 Å². The first kappa shape index (κ1) is 20.1. The molecule has 154 valence electrons. The number of anilines is 4. The fourth-order valence-electron chi connectivity index (χ4n) is 3.16. The van der Waals surface area contributed by atoms with Gasteiger partial charge in [0.25, 0.3) is 5.91 Å². The molecule has 2 heterocycles. The van der Waals surface area contributed by atoms with Crippen LogP contribution in [0.1, 0.15) is 16.2 Å². The molecule has 1 aliphatic rings. The summed E-state index contributed by atoms with van der Waals surface area (Å²) in [6, 6.07) is 16.2. The Morgan fingerprint density at radius 3 is 2.37 bits per heavy atom. The summed E-state index contributed by atoms with van der Waals surface area (Å²) in [5.74, 6) is 2.13. The zero-order valence-corrected chi connectivity index (χ0v) is 17.3. The van der Waals surface area contributed by atoms with E-state index in [0.29, 0.717) is 35.3 Å². The van der Waals surface area contributed by atoms with Gasteiger partial charge in [0.2, 0.25) is 0 Å². The van der Waals surface area contributed by atoms with E-state index in [1.165, 1.54) is 0 Å². The molecule has 1 aliphatic heterocycles. The number of morpholine rings is 1. The molecule has 2 N–H and O–H groups in total. The summed E-state index contributed by atoms with van der Waals surface area (Å²) >= 11 is 5.87. The van der Waals surface area contributed by atoms with Crippen LogP contribution in [-0.4, -0.2) is 42.2 Å². The van der Waals surface area contributed by atoms with E-state index >= 15 is 0 Å². The SMILES string of the molecule is Cc1nc(Nc2ccc(NC(=O)c3ccc(Cl)cc3)cc2)cc(N2CCOCC2)n1. The molecule has 1 saturated heterocycles. The molecular formula is C22H22ClN5O2. The molecule has 1 fully saturated rings. The Hall–Kier alpha value is -3.16. The Morgan fingerprint density at radius 2 is 1.67 bits per heavy atom. The highest BCUT2D eigenvalue weighted by Crippen LogP contribution is 2.22. The maximum Gasteiger partial charge on any atom is 0.255 e. The summed E-state index contributed by atoms with van der Waals surface area (Å²) in [6.07, 6.45) is 0. The summed E-state index contributed by atoms with van der Waals surface area (Å²) in [7, 11) is 0. The van der Waals surface area contributed by atoms with Gasteiger partial charge in [-0.3, -0.25) is 4.79 Å². The number of carbonyl (C=O) groups excluding carboxylic acids is 1. The maximum absolute atomic E-state index is 12.3. The van der Waals surface area contributed by atoms with Gasteiger partial charge in [0.1, 0.15) is 17.5 Å². The predicted octanol–water partition coefficient (Wildman–Crippen LogP) is 4.27. The number of hydrogen-bond acceptors (Lipinski definition) is 6. The Kier molecular flexibility index (Phi) is 6.11. The van der Waals surface area contributed by atoms with Crippen LogP contribution < -0.4 is 15.5 Å². The van der Waals surface area contributed by atoms with E-state index in [1.807, 2.05) is 37.3 Å². The zero-order valence-electron chi connectivity index (χ0n) is 16.6. The van der Waals surface area contributed by atoms with Crippen LogP contribution in [0.25, 0.3) is 0 Å². The van der Waals surface area contributed by atoms with Crippen LogP contribution in [0, 0.1) is 6.92 Å². The van der Waals surface area contributed by atoms with Crippen molar-refractivity contribution in [2.75, 3.05) is 41.8 Å². The van der Waals surface area contributed by atoms with Crippen molar-refractivity contribution in [2.24, 2.45) is 0 Å². The smallest absolute Gasteiger partial charge is 0.255 e. The average molecular weight is 424 g/mol. The molecular weight excluding hydrogens is 402 g/mol. The van der Waals surface area contributed by atoms with Crippen LogP contribution in [0.3, 0.4) is 0 Å². The first-order valence-electron chi connectivity index (χ1n) is 9.69. The second kappa shape index (κ2) is 9.11. The molecule has 4 rings (SSSR count). The summed E-state index contributed by atoms with van der Waals surface area (Å²) in [6.45, 7) is 4.92. The number of nitrogens with one attached hydrogen (secondary N) is 2. The highest BCUT2D eigenvalue weighted by Gasteiger charge is 2.14. The average Bonchev–Trinajstić information content (AvgIpc) is 2.76. The molecule has 3 aromatic rings. The molecule has 2 aromatic carbocycles. The molecule has 0 radical (unpaired) electrons. The predicted molar refractivity (Wildman–Crippen MR) is 119 cm³/mol. The lowest BCUT2D eigenvalue weighted by Gasteiger charge is -2.28. The van der Waals surface area contributed by atoms with Crippen molar-refractivity contribution in [2.45, 2.75) is 6.92 Å². The maximum atomic E-state index is 12.3. The molecule has 1 aromatic heterocycles. The fraction of sp³-hybridized carbons (Fsp3) is 0.227. The summed E-state index contributed by atoms with van der Waals surface area (Å²) in [5, 5.41) is 6.78. The number of rotatable bonds is 5. The topological polar surface area (TPSA) is 79.4 Å². The third-order valence-corrected chi connectivity index (χ3v) is 4.93. The monoisotopic (exact) mass is 423 g/mol. The number of benzene rings is 2. The van der Waals surface area contributed by atoms with E-state index in [1.54, 1.807) is 24.3 Å². The lowest BCUT2D eigenvalue weighted by molar-refractivity contribution is 0.102. The summed E-state index contributed by atoms with van der Waals surface area (Å²) < 4.78 is 5.41. The van der Waals surface area contributed by atoms with Gasteiger partial charge in [-0.25, -0.2) is 9.97 Å². The first-order valence-corrected chi connectivity index (χ1v) is 10.1. The lowest BCUT2D eigenvalue weighted by Crippen LogP contribution is -2.36.